The van der Waals surface area contributed by atoms with E-state index in [9.17, 15) is 4.79 Å². The summed E-state index contributed by atoms with van der Waals surface area (Å²) in [6.45, 7) is 6.85. The number of aryl methyl sites for hydroxylation is 1. The smallest absolute Gasteiger partial charge is 0.151 e. The summed E-state index contributed by atoms with van der Waals surface area (Å²) in [5.74, 6) is 0.210. The van der Waals surface area contributed by atoms with Crippen molar-refractivity contribution >= 4 is 17.5 Å². The maximum atomic E-state index is 12.1. The molecule has 0 N–H and O–H groups in total. The molecule has 4 heteroatoms. The maximum Gasteiger partial charge on any atom is 0.151 e. The van der Waals surface area contributed by atoms with Gasteiger partial charge >= 0.3 is 0 Å². The van der Waals surface area contributed by atoms with Gasteiger partial charge in [0.1, 0.15) is 0 Å². The van der Waals surface area contributed by atoms with E-state index in [0.717, 1.165) is 18.7 Å². The van der Waals surface area contributed by atoms with Crippen LogP contribution in [0, 0.1) is 6.92 Å². The molecule has 0 amide bonds. The van der Waals surface area contributed by atoms with E-state index in [1.54, 1.807) is 18.7 Å². The van der Waals surface area contributed by atoms with Gasteiger partial charge in [0.2, 0.25) is 0 Å². The van der Waals surface area contributed by atoms with Crippen molar-refractivity contribution in [1.29, 1.82) is 0 Å². The number of ether oxygens (including phenoxy) is 1. The van der Waals surface area contributed by atoms with Gasteiger partial charge in [-0.2, -0.15) is 0 Å². The Morgan fingerprint density at radius 2 is 2.05 bits per heavy atom. The second kappa shape index (κ2) is 6.55. The maximum absolute atomic E-state index is 12.1. The fraction of sp³-hybridized carbons (Fsp3) is 0.533. The third-order valence-electron chi connectivity index (χ3n) is 3.57. The molecule has 2 rings (SSSR count). The first-order valence-electron chi connectivity index (χ1n) is 6.60. The standard InChI is InChI=1S/C15H21NO2S/c1-11-10-13(19-3)4-5-14(11)15(12(2)17)16-6-8-18-9-7-16/h4-5,10,15H,6-9H2,1-3H3. The SMILES string of the molecule is CSc1ccc(C(C(C)=O)N2CCOCC2)c(C)c1. The second-order valence-corrected chi connectivity index (χ2v) is 5.76. The average Bonchev–Trinajstić information content (AvgIpc) is 2.41. The van der Waals surface area contributed by atoms with Crippen LogP contribution in [0.2, 0.25) is 0 Å². The molecule has 19 heavy (non-hydrogen) atoms. The summed E-state index contributed by atoms with van der Waals surface area (Å²) in [6, 6.07) is 6.24. The molecule has 0 aromatic heterocycles. The Morgan fingerprint density at radius 1 is 1.37 bits per heavy atom. The Kier molecular flexibility index (Phi) is 5.02. The van der Waals surface area contributed by atoms with E-state index in [1.807, 2.05) is 0 Å². The Balaban J connectivity index is 2.30. The Labute approximate surface area is 119 Å². The highest BCUT2D eigenvalue weighted by atomic mass is 32.2. The van der Waals surface area contributed by atoms with Crippen LogP contribution in [0.5, 0.6) is 0 Å². The first-order valence-corrected chi connectivity index (χ1v) is 7.82. The summed E-state index contributed by atoms with van der Waals surface area (Å²) in [4.78, 5) is 15.5. The van der Waals surface area contributed by atoms with Crippen LogP contribution in [-0.2, 0) is 9.53 Å². The summed E-state index contributed by atoms with van der Waals surface area (Å²) in [5.41, 5.74) is 2.32. The van der Waals surface area contributed by atoms with Crippen LogP contribution in [-0.4, -0.2) is 43.2 Å². The molecule has 1 atom stereocenters. The molecular formula is C15H21NO2S. The number of hydrogen-bond donors (Lipinski definition) is 0. The molecule has 3 nitrogen and oxygen atoms in total. The summed E-state index contributed by atoms with van der Waals surface area (Å²) in [7, 11) is 0. The molecule has 104 valence electrons. The van der Waals surface area contributed by atoms with Gasteiger partial charge in [0, 0.05) is 18.0 Å². The molecule has 0 radical (unpaired) electrons. The number of ketones is 1. The molecule has 1 unspecified atom stereocenters. The van der Waals surface area contributed by atoms with Crippen molar-refractivity contribution in [1.82, 2.24) is 4.90 Å². The van der Waals surface area contributed by atoms with Crippen molar-refractivity contribution in [3.63, 3.8) is 0 Å². The Morgan fingerprint density at radius 3 is 2.58 bits per heavy atom. The van der Waals surface area contributed by atoms with Crippen LogP contribution in [0.25, 0.3) is 0 Å². The number of carbonyl (C=O) groups excluding carboxylic acids is 1. The number of carbonyl (C=O) groups is 1. The van der Waals surface area contributed by atoms with Gasteiger partial charge in [0.25, 0.3) is 0 Å². The van der Waals surface area contributed by atoms with E-state index in [2.05, 4.69) is 36.3 Å². The Hall–Kier alpha value is -0.840. The average molecular weight is 279 g/mol. The molecule has 1 saturated heterocycles. The van der Waals surface area contributed by atoms with Crippen molar-refractivity contribution in [2.24, 2.45) is 0 Å². The van der Waals surface area contributed by atoms with Crippen LogP contribution >= 0.6 is 11.8 Å². The van der Waals surface area contributed by atoms with Crippen molar-refractivity contribution < 1.29 is 9.53 Å². The molecule has 0 spiro atoms. The molecule has 1 aliphatic rings. The Bertz CT molecular complexity index is 455. The second-order valence-electron chi connectivity index (χ2n) is 4.88. The summed E-state index contributed by atoms with van der Waals surface area (Å²) >= 11 is 1.73. The molecule has 1 fully saturated rings. The van der Waals surface area contributed by atoms with E-state index >= 15 is 0 Å². The number of Topliss-reactive ketones (excluding diaryl/α,β-unsaturated/α-hetero) is 1. The highest BCUT2D eigenvalue weighted by molar-refractivity contribution is 7.98. The number of rotatable bonds is 4. The molecule has 1 heterocycles. The highest BCUT2D eigenvalue weighted by Gasteiger charge is 2.27. The van der Waals surface area contributed by atoms with Gasteiger partial charge in [0.15, 0.2) is 5.78 Å². The van der Waals surface area contributed by atoms with E-state index < -0.39 is 0 Å². The zero-order chi connectivity index (χ0) is 13.8. The third-order valence-corrected chi connectivity index (χ3v) is 4.29. The quantitative estimate of drug-likeness (QED) is 0.793. The minimum Gasteiger partial charge on any atom is -0.379 e. The predicted octanol–water partition coefficient (Wildman–Crippen LogP) is 2.68. The van der Waals surface area contributed by atoms with E-state index in [-0.39, 0.29) is 11.8 Å². The van der Waals surface area contributed by atoms with Gasteiger partial charge in [-0.3, -0.25) is 9.69 Å². The molecule has 0 saturated carbocycles. The van der Waals surface area contributed by atoms with Crippen molar-refractivity contribution in [3.05, 3.63) is 29.3 Å². The van der Waals surface area contributed by atoms with Gasteiger partial charge in [0.05, 0.1) is 19.3 Å². The number of benzene rings is 1. The fourth-order valence-corrected chi connectivity index (χ4v) is 3.09. The minimum absolute atomic E-state index is 0.125. The van der Waals surface area contributed by atoms with Crippen LogP contribution in [0.4, 0.5) is 0 Å². The first-order chi connectivity index (χ1) is 9.13. The van der Waals surface area contributed by atoms with E-state index in [0.29, 0.717) is 13.2 Å². The minimum atomic E-state index is -0.125. The lowest BCUT2D eigenvalue weighted by Gasteiger charge is -2.34. The number of morpholine rings is 1. The highest BCUT2D eigenvalue weighted by Crippen LogP contribution is 2.28. The lowest BCUT2D eigenvalue weighted by atomic mass is 9.97. The van der Waals surface area contributed by atoms with Crippen molar-refractivity contribution in [3.8, 4) is 0 Å². The van der Waals surface area contributed by atoms with Crippen molar-refractivity contribution in [2.75, 3.05) is 32.6 Å². The molecule has 0 aliphatic carbocycles. The molecule has 1 aliphatic heterocycles. The van der Waals surface area contributed by atoms with E-state index in [4.69, 9.17) is 4.74 Å². The van der Waals surface area contributed by atoms with Gasteiger partial charge in [-0.05, 0) is 43.4 Å². The number of thioether (sulfide) groups is 1. The van der Waals surface area contributed by atoms with Crippen LogP contribution in [0.3, 0.4) is 0 Å². The topological polar surface area (TPSA) is 29.5 Å². The van der Waals surface area contributed by atoms with Crippen LogP contribution in [0.1, 0.15) is 24.1 Å². The van der Waals surface area contributed by atoms with Gasteiger partial charge < -0.3 is 4.74 Å². The van der Waals surface area contributed by atoms with E-state index in [1.165, 1.54) is 10.5 Å². The summed E-state index contributed by atoms with van der Waals surface area (Å²) < 4.78 is 5.38. The molecular weight excluding hydrogens is 258 g/mol. The van der Waals surface area contributed by atoms with Crippen molar-refractivity contribution in [2.45, 2.75) is 24.8 Å². The largest absolute Gasteiger partial charge is 0.379 e. The number of nitrogens with zero attached hydrogens (tertiary/aromatic N) is 1. The van der Waals surface area contributed by atoms with Gasteiger partial charge in [-0.15, -0.1) is 11.8 Å². The fourth-order valence-electron chi connectivity index (χ4n) is 2.59. The molecule has 1 aromatic rings. The van der Waals surface area contributed by atoms with Crippen LogP contribution < -0.4 is 0 Å². The normalized spacial score (nSPS) is 18.3. The van der Waals surface area contributed by atoms with Gasteiger partial charge in [-0.1, -0.05) is 6.07 Å². The van der Waals surface area contributed by atoms with Crippen LogP contribution in [0.15, 0.2) is 23.1 Å². The molecule has 0 bridgehead atoms. The first kappa shape index (κ1) is 14.6. The van der Waals surface area contributed by atoms with Gasteiger partial charge in [-0.25, -0.2) is 0 Å². The molecule has 1 aromatic carbocycles. The number of hydrogen-bond acceptors (Lipinski definition) is 4. The third kappa shape index (κ3) is 3.38. The zero-order valence-electron chi connectivity index (χ0n) is 11.8. The lowest BCUT2D eigenvalue weighted by Crippen LogP contribution is -2.41. The lowest BCUT2D eigenvalue weighted by molar-refractivity contribution is -0.124. The zero-order valence-corrected chi connectivity index (χ0v) is 12.6. The predicted molar refractivity (Wildman–Crippen MR) is 78.8 cm³/mol. The summed E-state index contributed by atoms with van der Waals surface area (Å²) in [6.07, 6.45) is 2.07. The summed E-state index contributed by atoms with van der Waals surface area (Å²) in [5, 5.41) is 0. The monoisotopic (exact) mass is 279 g/mol.